The van der Waals surface area contributed by atoms with Crippen LogP contribution >= 0.6 is 0 Å². The second-order valence-electron chi connectivity index (χ2n) is 8.83. The summed E-state index contributed by atoms with van der Waals surface area (Å²) in [6.07, 6.45) is -1.53. The van der Waals surface area contributed by atoms with Gasteiger partial charge >= 0.3 is 5.97 Å². The molecule has 2 heterocycles. The Kier molecular flexibility index (Phi) is 5.15. The number of fused-ring (bicyclic) bond motifs is 2. The van der Waals surface area contributed by atoms with Gasteiger partial charge in [0.05, 0.1) is 28.6 Å². The van der Waals surface area contributed by atoms with Crippen molar-refractivity contribution in [1.29, 1.82) is 0 Å². The summed E-state index contributed by atoms with van der Waals surface area (Å²) in [6, 6.07) is 16.9. The second-order valence-corrected chi connectivity index (χ2v) is 8.83. The maximum absolute atomic E-state index is 13.8. The molecule has 0 saturated carbocycles. The molecule has 35 heavy (non-hydrogen) atoms. The summed E-state index contributed by atoms with van der Waals surface area (Å²) >= 11 is 0. The molecule has 2 fully saturated rings. The Morgan fingerprint density at radius 1 is 1.09 bits per heavy atom. The third-order valence-electron chi connectivity index (χ3n) is 7.07. The van der Waals surface area contributed by atoms with Crippen LogP contribution in [-0.4, -0.2) is 44.6 Å². The molecule has 3 N–H and O–H groups in total. The van der Waals surface area contributed by atoms with Crippen molar-refractivity contribution in [1.82, 2.24) is 5.32 Å². The topological polar surface area (TPSA) is 150 Å². The van der Waals surface area contributed by atoms with Gasteiger partial charge in [-0.3, -0.25) is 29.8 Å². The predicted molar refractivity (Wildman–Crippen MR) is 124 cm³/mol. The summed E-state index contributed by atoms with van der Waals surface area (Å²) in [5, 5.41) is 36.8. The van der Waals surface area contributed by atoms with Gasteiger partial charge in [-0.2, -0.15) is 0 Å². The number of amides is 2. The van der Waals surface area contributed by atoms with E-state index in [0.717, 1.165) is 21.7 Å². The number of non-ortho nitro benzene ring substituents is 1. The summed E-state index contributed by atoms with van der Waals surface area (Å²) < 4.78 is 0. The summed E-state index contributed by atoms with van der Waals surface area (Å²) in [4.78, 5) is 51.4. The number of hydrogen-bond acceptors (Lipinski definition) is 7. The van der Waals surface area contributed by atoms with Crippen LogP contribution in [0.1, 0.15) is 18.5 Å². The standard InChI is InChI=1S/C25H21N3O7/c1-13(29)25(24(32)33)20-19(21(26-25)18-11-4-7-14-6-2-3-10-17(14)18)22(30)27(23(20)31)15-8-5-9-16(12-15)28(34)35/h2-13,19-21,26,29H,1H3,(H,32,33). The fourth-order valence-corrected chi connectivity index (χ4v) is 5.49. The van der Waals surface area contributed by atoms with Gasteiger partial charge in [-0.25, -0.2) is 4.90 Å². The first kappa shape index (κ1) is 22.6. The molecule has 2 amide bonds. The van der Waals surface area contributed by atoms with Gasteiger partial charge in [-0.05, 0) is 29.3 Å². The number of carbonyl (C=O) groups is 3. The van der Waals surface area contributed by atoms with Crippen molar-refractivity contribution >= 4 is 39.9 Å². The van der Waals surface area contributed by atoms with Gasteiger partial charge in [-0.1, -0.05) is 48.5 Å². The molecule has 0 radical (unpaired) electrons. The molecule has 5 atom stereocenters. The first-order valence-corrected chi connectivity index (χ1v) is 11.0. The Hall–Kier alpha value is -4.15. The molecule has 2 aliphatic heterocycles. The average Bonchev–Trinajstić information content (AvgIpc) is 3.33. The number of imide groups is 1. The number of aliphatic hydroxyl groups is 1. The van der Waals surface area contributed by atoms with Crippen molar-refractivity contribution in [3.05, 3.63) is 82.4 Å². The quantitative estimate of drug-likeness (QED) is 0.289. The fourth-order valence-electron chi connectivity index (χ4n) is 5.49. The molecule has 0 spiro atoms. The lowest BCUT2D eigenvalue weighted by Crippen LogP contribution is -2.62. The first-order valence-electron chi connectivity index (χ1n) is 11.0. The molecule has 10 heteroatoms. The third kappa shape index (κ3) is 3.14. The van der Waals surface area contributed by atoms with Crippen LogP contribution in [0.15, 0.2) is 66.7 Å². The van der Waals surface area contributed by atoms with Gasteiger partial charge in [0.2, 0.25) is 11.8 Å². The summed E-state index contributed by atoms with van der Waals surface area (Å²) in [5.74, 6) is -5.57. The predicted octanol–water partition coefficient (Wildman–Crippen LogP) is 2.40. The van der Waals surface area contributed by atoms with Gasteiger partial charge in [0.25, 0.3) is 5.69 Å². The van der Waals surface area contributed by atoms with E-state index in [1.54, 1.807) is 12.1 Å². The monoisotopic (exact) mass is 475 g/mol. The maximum atomic E-state index is 13.8. The zero-order valence-electron chi connectivity index (χ0n) is 18.5. The Morgan fingerprint density at radius 3 is 2.46 bits per heavy atom. The molecular formula is C25H21N3O7. The van der Waals surface area contributed by atoms with Crippen molar-refractivity contribution in [2.45, 2.75) is 24.6 Å². The number of aliphatic carboxylic acids is 1. The lowest BCUT2D eigenvalue weighted by molar-refractivity contribution is -0.384. The van der Waals surface area contributed by atoms with Crippen LogP contribution in [0.5, 0.6) is 0 Å². The normalized spacial score (nSPS) is 26.7. The lowest BCUT2D eigenvalue weighted by atomic mass is 9.76. The van der Waals surface area contributed by atoms with Crippen LogP contribution in [0.25, 0.3) is 10.8 Å². The van der Waals surface area contributed by atoms with Crippen molar-refractivity contribution < 1.29 is 29.5 Å². The fraction of sp³-hybridized carbons (Fsp3) is 0.240. The van der Waals surface area contributed by atoms with Crippen molar-refractivity contribution in [2.75, 3.05) is 4.90 Å². The van der Waals surface area contributed by atoms with E-state index < -0.39 is 52.2 Å². The van der Waals surface area contributed by atoms with E-state index in [2.05, 4.69) is 5.32 Å². The van der Waals surface area contributed by atoms with Crippen molar-refractivity contribution in [3.8, 4) is 0 Å². The zero-order chi connectivity index (χ0) is 25.1. The van der Waals surface area contributed by atoms with Crippen LogP contribution in [0, 0.1) is 22.0 Å². The molecule has 5 unspecified atom stereocenters. The zero-order valence-corrected chi connectivity index (χ0v) is 18.5. The number of anilines is 1. The van der Waals surface area contributed by atoms with E-state index >= 15 is 0 Å². The number of nitrogens with one attached hydrogen (secondary N) is 1. The minimum Gasteiger partial charge on any atom is -0.480 e. The second kappa shape index (κ2) is 7.97. The summed E-state index contributed by atoms with van der Waals surface area (Å²) in [5.41, 5.74) is -1.87. The number of carboxylic acid groups (broad SMARTS) is 1. The molecule has 0 aliphatic carbocycles. The van der Waals surface area contributed by atoms with E-state index in [1.165, 1.54) is 25.1 Å². The van der Waals surface area contributed by atoms with E-state index in [-0.39, 0.29) is 11.4 Å². The number of benzene rings is 3. The maximum Gasteiger partial charge on any atom is 0.327 e. The van der Waals surface area contributed by atoms with Crippen LogP contribution in [0.2, 0.25) is 0 Å². The van der Waals surface area contributed by atoms with E-state index in [9.17, 15) is 34.7 Å². The smallest absolute Gasteiger partial charge is 0.327 e. The Balaban J connectivity index is 1.71. The molecule has 10 nitrogen and oxygen atoms in total. The van der Waals surface area contributed by atoms with E-state index in [4.69, 9.17) is 0 Å². The molecule has 2 saturated heterocycles. The van der Waals surface area contributed by atoms with Gasteiger partial charge in [0.1, 0.15) is 0 Å². The molecule has 5 rings (SSSR count). The molecular weight excluding hydrogens is 454 g/mol. The third-order valence-corrected chi connectivity index (χ3v) is 7.07. The average molecular weight is 475 g/mol. The van der Waals surface area contributed by atoms with E-state index in [0.29, 0.717) is 5.56 Å². The highest BCUT2D eigenvalue weighted by Gasteiger charge is 2.70. The van der Waals surface area contributed by atoms with Crippen molar-refractivity contribution in [2.24, 2.45) is 11.8 Å². The highest BCUT2D eigenvalue weighted by Crippen LogP contribution is 2.52. The van der Waals surface area contributed by atoms with Crippen LogP contribution in [0.3, 0.4) is 0 Å². The molecule has 0 aromatic heterocycles. The Bertz CT molecular complexity index is 1400. The molecule has 178 valence electrons. The number of carbonyl (C=O) groups excluding carboxylic acids is 2. The first-order chi connectivity index (χ1) is 16.7. The van der Waals surface area contributed by atoms with Gasteiger partial charge in [0.15, 0.2) is 5.54 Å². The molecule has 3 aromatic carbocycles. The van der Waals surface area contributed by atoms with E-state index in [1.807, 2.05) is 30.3 Å². The number of nitrogens with zero attached hydrogens (tertiary/aromatic N) is 2. The Morgan fingerprint density at radius 2 is 1.77 bits per heavy atom. The number of nitro groups is 1. The van der Waals surface area contributed by atoms with Gasteiger partial charge < -0.3 is 10.2 Å². The van der Waals surface area contributed by atoms with Crippen LogP contribution in [-0.2, 0) is 14.4 Å². The highest BCUT2D eigenvalue weighted by molar-refractivity contribution is 6.24. The van der Waals surface area contributed by atoms with Crippen molar-refractivity contribution in [3.63, 3.8) is 0 Å². The van der Waals surface area contributed by atoms with Crippen LogP contribution < -0.4 is 10.2 Å². The van der Waals surface area contributed by atoms with Gasteiger partial charge in [-0.15, -0.1) is 0 Å². The SMILES string of the molecule is CC(O)C1(C(=O)O)NC(c2cccc3ccccc23)C2C(=O)N(c3cccc([N+](=O)[O-])c3)C(=O)C21. The number of nitro benzene ring substituents is 1. The minimum atomic E-state index is -2.14. The highest BCUT2D eigenvalue weighted by atomic mass is 16.6. The summed E-state index contributed by atoms with van der Waals surface area (Å²) in [6.45, 7) is 1.26. The molecule has 2 aliphatic rings. The minimum absolute atomic E-state index is 0.0230. The van der Waals surface area contributed by atoms with Crippen LogP contribution in [0.4, 0.5) is 11.4 Å². The number of hydrogen-bond donors (Lipinski definition) is 3. The number of aliphatic hydroxyl groups excluding tert-OH is 1. The number of carboxylic acids is 1. The molecule has 0 bridgehead atoms. The molecule has 3 aromatic rings. The summed E-state index contributed by atoms with van der Waals surface area (Å²) in [7, 11) is 0. The largest absolute Gasteiger partial charge is 0.480 e. The lowest BCUT2D eigenvalue weighted by Gasteiger charge is -2.33. The Labute approximate surface area is 198 Å². The number of rotatable bonds is 5. The van der Waals surface area contributed by atoms with Gasteiger partial charge in [0, 0.05) is 18.2 Å².